The van der Waals surface area contributed by atoms with Gasteiger partial charge in [0.05, 0.1) is 0 Å². The normalized spacial score (nSPS) is 20.3. The zero-order valence-electron chi connectivity index (χ0n) is 15.5. The molecule has 4 heteroatoms. The summed E-state index contributed by atoms with van der Waals surface area (Å²) in [4.78, 5) is 31.5. The van der Waals surface area contributed by atoms with E-state index in [0.717, 1.165) is 54.3 Å². The number of fused-ring (bicyclic) bond motifs is 1. The van der Waals surface area contributed by atoms with Gasteiger partial charge in [0, 0.05) is 36.2 Å². The van der Waals surface area contributed by atoms with E-state index < -0.39 is 0 Å². The van der Waals surface area contributed by atoms with Crippen molar-refractivity contribution in [2.24, 2.45) is 5.92 Å². The summed E-state index contributed by atoms with van der Waals surface area (Å²) in [6, 6.07) is 2.06. The number of allylic oxidation sites excluding steroid dienone is 5. The van der Waals surface area contributed by atoms with Crippen LogP contribution in [0.1, 0.15) is 56.1 Å². The van der Waals surface area contributed by atoms with Crippen molar-refractivity contribution in [1.29, 1.82) is 0 Å². The number of nitrogens with zero attached hydrogens (tertiary/aromatic N) is 1. The highest BCUT2D eigenvalue weighted by atomic mass is 16.1. The molecule has 0 saturated heterocycles. The van der Waals surface area contributed by atoms with Gasteiger partial charge in [0.2, 0.25) is 0 Å². The molecule has 0 aliphatic heterocycles. The lowest BCUT2D eigenvalue weighted by Gasteiger charge is -2.23. The Morgan fingerprint density at radius 1 is 1.30 bits per heavy atom. The van der Waals surface area contributed by atoms with Gasteiger partial charge in [-0.3, -0.25) is 9.59 Å². The average Bonchev–Trinajstić information content (AvgIpc) is 3.12. The second-order valence-electron chi connectivity index (χ2n) is 7.53. The first-order valence-corrected chi connectivity index (χ1v) is 9.70. The predicted octanol–water partition coefficient (Wildman–Crippen LogP) is 5.03. The van der Waals surface area contributed by atoms with E-state index in [2.05, 4.69) is 28.7 Å². The lowest BCUT2D eigenvalue weighted by atomic mass is 9.81. The quantitative estimate of drug-likeness (QED) is 0.761. The van der Waals surface area contributed by atoms with Gasteiger partial charge in [-0.2, -0.15) is 0 Å². The number of rotatable bonds is 5. The molecule has 2 aromatic rings. The highest BCUT2D eigenvalue weighted by Gasteiger charge is 2.22. The SMILES string of the molecule is C=CC(=O)CC1CCC=C(c2ccnc3[nH]cc(C4=CC(=O)CCC4)c23)C1. The molecule has 0 saturated carbocycles. The number of aromatic nitrogens is 2. The molecular formula is C23H24N2O2. The highest BCUT2D eigenvalue weighted by molar-refractivity contribution is 6.05. The summed E-state index contributed by atoms with van der Waals surface area (Å²) in [7, 11) is 0. The summed E-state index contributed by atoms with van der Waals surface area (Å²) < 4.78 is 0. The third-order valence-electron chi connectivity index (χ3n) is 5.66. The number of pyridine rings is 1. The van der Waals surface area contributed by atoms with Crippen LogP contribution in [0.3, 0.4) is 0 Å². The molecule has 1 atom stereocenters. The summed E-state index contributed by atoms with van der Waals surface area (Å²) in [6.45, 7) is 3.60. The van der Waals surface area contributed by atoms with Crippen molar-refractivity contribution < 1.29 is 9.59 Å². The molecule has 138 valence electrons. The number of ketones is 2. The maximum atomic E-state index is 11.9. The summed E-state index contributed by atoms with van der Waals surface area (Å²) in [6.07, 6.45) is 15.3. The molecule has 2 aromatic heterocycles. The van der Waals surface area contributed by atoms with E-state index in [1.165, 1.54) is 17.2 Å². The Balaban J connectivity index is 1.73. The van der Waals surface area contributed by atoms with E-state index in [4.69, 9.17) is 0 Å². The van der Waals surface area contributed by atoms with Crippen molar-refractivity contribution in [2.75, 3.05) is 0 Å². The van der Waals surface area contributed by atoms with Crippen LogP contribution in [0.2, 0.25) is 0 Å². The second-order valence-corrected chi connectivity index (χ2v) is 7.53. The van der Waals surface area contributed by atoms with E-state index in [1.54, 1.807) is 6.08 Å². The second kappa shape index (κ2) is 7.47. The summed E-state index contributed by atoms with van der Waals surface area (Å²) >= 11 is 0. The Labute approximate surface area is 159 Å². The summed E-state index contributed by atoms with van der Waals surface area (Å²) in [5.74, 6) is 0.682. The van der Waals surface area contributed by atoms with Crippen LogP contribution in [0.25, 0.3) is 22.2 Å². The molecule has 2 heterocycles. The number of hydrogen-bond donors (Lipinski definition) is 1. The number of carbonyl (C=O) groups is 2. The van der Waals surface area contributed by atoms with Crippen LogP contribution in [0.15, 0.2) is 43.3 Å². The number of nitrogens with one attached hydrogen (secondary N) is 1. The van der Waals surface area contributed by atoms with Crippen molar-refractivity contribution in [1.82, 2.24) is 9.97 Å². The largest absolute Gasteiger partial charge is 0.346 e. The topological polar surface area (TPSA) is 62.8 Å². The minimum absolute atomic E-state index is 0.120. The Bertz CT molecular complexity index is 977. The molecular weight excluding hydrogens is 336 g/mol. The molecule has 2 aliphatic rings. The summed E-state index contributed by atoms with van der Waals surface area (Å²) in [5.41, 5.74) is 5.49. The molecule has 4 rings (SSSR count). The van der Waals surface area contributed by atoms with Crippen molar-refractivity contribution >= 4 is 33.7 Å². The van der Waals surface area contributed by atoms with Gasteiger partial charge >= 0.3 is 0 Å². The van der Waals surface area contributed by atoms with Gasteiger partial charge in [-0.15, -0.1) is 0 Å². The van der Waals surface area contributed by atoms with Crippen LogP contribution in [-0.4, -0.2) is 21.5 Å². The number of hydrogen-bond acceptors (Lipinski definition) is 3. The average molecular weight is 360 g/mol. The van der Waals surface area contributed by atoms with E-state index in [9.17, 15) is 9.59 Å². The van der Waals surface area contributed by atoms with Crippen molar-refractivity contribution in [3.63, 3.8) is 0 Å². The minimum atomic E-state index is 0.120. The third-order valence-corrected chi connectivity index (χ3v) is 5.66. The molecule has 27 heavy (non-hydrogen) atoms. The summed E-state index contributed by atoms with van der Waals surface area (Å²) in [5, 5.41) is 1.10. The van der Waals surface area contributed by atoms with Crippen LogP contribution in [0.5, 0.6) is 0 Å². The third kappa shape index (κ3) is 3.57. The van der Waals surface area contributed by atoms with E-state index in [-0.39, 0.29) is 11.6 Å². The monoisotopic (exact) mass is 360 g/mol. The first kappa shape index (κ1) is 17.7. The highest BCUT2D eigenvalue weighted by Crippen LogP contribution is 2.39. The van der Waals surface area contributed by atoms with Gasteiger partial charge in [0.1, 0.15) is 5.65 Å². The zero-order chi connectivity index (χ0) is 18.8. The lowest BCUT2D eigenvalue weighted by Crippen LogP contribution is -2.11. The molecule has 0 amide bonds. The molecule has 2 aliphatic carbocycles. The smallest absolute Gasteiger partial charge is 0.155 e. The Kier molecular flexibility index (Phi) is 4.88. The fourth-order valence-corrected chi connectivity index (χ4v) is 4.33. The van der Waals surface area contributed by atoms with Gasteiger partial charge in [0.15, 0.2) is 11.6 Å². The van der Waals surface area contributed by atoms with E-state index in [0.29, 0.717) is 18.8 Å². The number of carbonyl (C=O) groups excluding carboxylic acids is 2. The molecule has 0 radical (unpaired) electrons. The Hall–Kier alpha value is -2.75. The van der Waals surface area contributed by atoms with Crippen LogP contribution in [0, 0.1) is 5.92 Å². The molecule has 0 aromatic carbocycles. The van der Waals surface area contributed by atoms with Crippen molar-refractivity contribution in [2.45, 2.75) is 44.9 Å². The van der Waals surface area contributed by atoms with Gasteiger partial charge in [-0.1, -0.05) is 12.7 Å². The minimum Gasteiger partial charge on any atom is -0.346 e. The van der Waals surface area contributed by atoms with Crippen molar-refractivity contribution in [3.05, 3.63) is 54.4 Å². The van der Waals surface area contributed by atoms with Gasteiger partial charge < -0.3 is 4.98 Å². The molecule has 0 spiro atoms. The molecule has 1 unspecified atom stereocenters. The van der Waals surface area contributed by atoms with E-state index in [1.807, 2.05) is 12.4 Å². The zero-order valence-corrected chi connectivity index (χ0v) is 15.5. The maximum Gasteiger partial charge on any atom is 0.155 e. The van der Waals surface area contributed by atoms with Crippen LogP contribution < -0.4 is 0 Å². The molecule has 0 fully saturated rings. The lowest BCUT2D eigenvalue weighted by molar-refractivity contribution is -0.116. The number of aromatic amines is 1. The fourth-order valence-electron chi connectivity index (χ4n) is 4.33. The van der Waals surface area contributed by atoms with Gasteiger partial charge in [0.25, 0.3) is 0 Å². The van der Waals surface area contributed by atoms with Crippen LogP contribution in [0.4, 0.5) is 0 Å². The van der Waals surface area contributed by atoms with Crippen LogP contribution >= 0.6 is 0 Å². The van der Waals surface area contributed by atoms with Gasteiger partial charge in [-0.05, 0) is 73.0 Å². The molecule has 1 N–H and O–H groups in total. The first-order valence-electron chi connectivity index (χ1n) is 9.70. The number of H-pyrrole nitrogens is 1. The molecule has 0 bridgehead atoms. The van der Waals surface area contributed by atoms with Crippen molar-refractivity contribution in [3.8, 4) is 0 Å². The standard InChI is InChI=1S/C23H24N2O2/c1-2-18(26)12-15-5-3-6-16(11-15)20-9-10-24-23-22(20)21(14-25-23)17-7-4-8-19(27)13-17/h2,6,9-10,13-15H,1,3-5,7-8,11-12H2,(H,24,25). The Morgan fingerprint density at radius 3 is 3.00 bits per heavy atom. The van der Waals surface area contributed by atoms with E-state index >= 15 is 0 Å². The Morgan fingerprint density at radius 2 is 2.19 bits per heavy atom. The van der Waals surface area contributed by atoms with Gasteiger partial charge in [-0.25, -0.2) is 4.98 Å². The maximum absolute atomic E-state index is 11.9. The predicted molar refractivity (Wildman–Crippen MR) is 108 cm³/mol. The molecule has 4 nitrogen and oxygen atoms in total. The fraction of sp³-hybridized carbons (Fsp3) is 0.348. The first-order chi connectivity index (χ1) is 13.2. The van der Waals surface area contributed by atoms with Crippen LogP contribution in [-0.2, 0) is 9.59 Å².